The standard InChI is InChI=1S/C20H23N5O2S4/c1-2-4-18-23-24-20(30-18)22-15(11-13-6-8-14(9-7-13)25-31(26)27)16-12-29-19(21-16)17-5-3-10-28-17/h3,5-8,10,12,14-15,31H,2,4,9,11H2,1H3,(H,22,24)(H,25,26,27)/t14?,15-/m0/s1. The average Bonchev–Trinajstić information content (AvgIpc) is 3.50. The second kappa shape index (κ2) is 10.6. The number of anilines is 1. The van der Waals surface area contributed by atoms with Crippen molar-refractivity contribution in [1.29, 1.82) is 0 Å². The predicted molar refractivity (Wildman–Crippen MR) is 129 cm³/mol. The number of thiol groups is 1. The van der Waals surface area contributed by atoms with Gasteiger partial charge in [-0.1, -0.05) is 42.6 Å². The lowest BCUT2D eigenvalue weighted by Crippen LogP contribution is -2.26. The Kier molecular flexibility index (Phi) is 7.62. The fraction of sp³-hybridized carbons (Fsp3) is 0.350. The van der Waals surface area contributed by atoms with Crippen LogP contribution in [0.25, 0.3) is 9.88 Å². The molecule has 0 aliphatic heterocycles. The van der Waals surface area contributed by atoms with E-state index in [0.29, 0.717) is 6.42 Å². The maximum atomic E-state index is 10.9. The third-order valence-corrected chi connectivity index (χ3v) is 8.08. The molecule has 0 saturated heterocycles. The zero-order valence-corrected chi connectivity index (χ0v) is 20.2. The van der Waals surface area contributed by atoms with Crippen LogP contribution in [-0.2, 0) is 17.3 Å². The van der Waals surface area contributed by atoms with E-state index in [9.17, 15) is 8.42 Å². The number of allylic oxidation sites excluding steroid dienone is 1. The zero-order chi connectivity index (χ0) is 21.6. The molecule has 0 spiro atoms. The van der Waals surface area contributed by atoms with Gasteiger partial charge in [0.15, 0.2) is 0 Å². The highest BCUT2D eigenvalue weighted by molar-refractivity contribution is 7.70. The number of thiazole rings is 1. The van der Waals surface area contributed by atoms with Crippen LogP contribution in [0.5, 0.6) is 0 Å². The van der Waals surface area contributed by atoms with E-state index in [4.69, 9.17) is 4.98 Å². The van der Waals surface area contributed by atoms with Gasteiger partial charge < -0.3 is 5.32 Å². The first-order valence-electron chi connectivity index (χ1n) is 9.96. The highest BCUT2D eigenvalue weighted by Gasteiger charge is 2.20. The van der Waals surface area contributed by atoms with Gasteiger partial charge in [-0.05, 0) is 36.3 Å². The summed E-state index contributed by atoms with van der Waals surface area (Å²) in [5, 5.41) is 19.1. The maximum absolute atomic E-state index is 10.9. The first-order chi connectivity index (χ1) is 15.1. The number of thiophene rings is 1. The van der Waals surface area contributed by atoms with Crippen LogP contribution in [0.2, 0.25) is 0 Å². The van der Waals surface area contributed by atoms with E-state index >= 15 is 0 Å². The Morgan fingerprint density at radius 1 is 1.29 bits per heavy atom. The minimum Gasteiger partial charge on any atom is -0.351 e. The summed E-state index contributed by atoms with van der Waals surface area (Å²) in [6.07, 6.45) is 9.30. The highest BCUT2D eigenvalue weighted by Crippen LogP contribution is 2.34. The first-order valence-corrected chi connectivity index (χ1v) is 13.7. The molecule has 0 amide bonds. The Bertz CT molecular complexity index is 1120. The van der Waals surface area contributed by atoms with Crippen molar-refractivity contribution in [3.05, 3.63) is 57.4 Å². The van der Waals surface area contributed by atoms with Crippen LogP contribution in [0.1, 0.15) is 42.9 Å². The Labute approximate surface area is 195 Å². The molecule has 7 nitrogen and oxygen atoms in total. The lowest BCUT2D eigenvalue weighted by molar-refractivity contribution is 0.590. The first kappa shape index (κ1) is 22.3. The van der Waals surface area contributed by atoms with Crippen molar-refractivity contribution in [2.75, 3.05) is 5.32 Å². The third kappa shape index (κ3) is 6.07. The lowest BCUT2D eigenvalue weighted by atomic mass is 9.97. The van der Waals surface area contributed by atoms with E-state index in [-0.39, 0.29) is 12.1 Å². The molecule has 0 fully saturated rings. The van der Waals surface area contributed by atoms with Crippen molar-refractivity contribution in [3.8, 4) is 9.88 Å². The number of rotatable bonds is 10. The minimum atomic E-state index is -2.60. The highest BCUT2D eigenvalue weighted by atomic mass is 32.2. The molecule has 11 heteroatoms. The number of nitrogens with one attached hydrogen (secondary N) is 2. The van der Waals surface area contributed by atoms with Gasteiger partial charge in [0.05, 0.1) is 16.6 Å². The molecule has 0 bridgehead atoms. The summed E-state index contributed by atoms with van der Waals surface area (Å²) >= 11 is 4.91. The molecule has 1 aliphatic rings. The summed E-state index contributed by atoms with van der Waals surface area (Å²) in [6, 6.07) is 3.88. The van der Waals surface area contributed by atoms with E-state index in [1.165, 1.54) is 0 Å². The van der Waals surface area contributed by atoms with Gasteiger partial charge in [-0.25, -0.2) is 18.1 Å². The van der Waals surface area contributed by atoms with E-state index in [1.54, 1.807) is 34.0 Å². The molecule has 164 valence electrons. The average molecular weight is 494 g/mol. The van der Waals surface area contributed by atoms with Gasteiger partial charge in [0.1, 0.15) is 10.0 Å². The van der Waals surface area contributed by atoms with Gasteiger partial charge in [0, 0.05) is 17.8 Å². The van der Waals surface area contributed by atoms with Crippen molar-refractivity contribution in [1.82, 2.24) is 19.9 Å². The molecule has 3 heterocycles. The van der Waals surface area contributed by atoms with E-state index < -0.39 is 10.9 Å². The number of aryl methyl sites for hydroxylation is 1. The normalized spacial score (nSPS) is 17.1. The smallest absolute Gasteiger partial charge is 0.206 e. The van der Waals surface area contributed by atoms with E-state index in [0.717, 1.165) is 50.6 Å². The Morgan fingerprint density at radius 2 is 2.19 bits per heavy atom. The Morgan fingerprint density at radius 3 is 2.90 bits per heavy atom. The molecule has 0 radical (unpaired) electrons. The lowest BCUT2D eigenvalue weighted by Gasteiger charge is -2.20. The molecule has 0 aromatic carbocycles. The van der Waals surface area contributed by atoms with Crippen LogP contribution in [0, 0.1) is 0 Å². The number of aromatic nitrogens is 3. The molecule has 2 atom stereocenters. The van der Waals surface area contributed by atoms with Gasteiger partial charge in [0.2, 0.25) is 16.0 Å². The minimum absolute atomic E-state index is 0.0519. The van der Waals surface area contributed by atoms with Crippen LogP contribution >= 0.6 is 34.0 Å². The number of hydrogen-bond acceptors (Lipinski definition) is 9. The Hall–Kier alpha value is -1.92. The van der Waals surface area contributed by atoms with Crippen LogP contribution in [-0.4, -0.2) is 29.6 Å². The van der Waals surface area contributed by atoms with Crippen LogP contribution in [0.15, 0.2) is 46.7 Å². The van der Waals surface area contributed by atoms with Gasteiger partial charge in [-0.2, -0.15) is 0 Å². The van der Waals surface area contributed by atoms with Crippen molar-refractivity contribution in [3.63, 3.8) is 0 Å². The van der Waals surface area contributed by atoms with Gasteiger partial charge in [0.25, 0.3) is 0 Å². The number of hydrogen-bond donors (Lipinski definition) is 3. The summed E-state index contributed by atoms with van der Waals surface area (Å²) in [7, 11) is -2.60. The van der Waals surface area contributed by atoms with Crippen molar-refractivity contribution >= 4 is 50.0 Å². The quantitative estimate of drug-likeness (QED) is 0.358. The van der Waals surface area contributed by atoms with Gasteiger partial charge in [-0.3, -0.25) is 0 Å². The topological polar surface area (TPSA) is 96.9 Å². The summed E-state index contributed by atoms with van der Waals surface area (Å²) in [4.78, 5) is 6.05. The fourth-order valence-corrected chi connectivity index (χ4v) is 6.29. The zero-order valence-electron chi connectivity index (χ0n) is 16.9. The van der Waals surface area contributed by atoms with Crippen LogP contribution < -0.4 is 10.0 Å². The predicted octanol–water partition coefficient (Wildman–Crippen LogP) is 4.59. The van der Waals surface area contributed by atoms with E-state index in [2.05, 4.69) is 50.1 Å². The molecule has 0 saturated carbocycles. The van der Waals surface area contributed by atoms with Crippen molar-refractivity contribution in [2.24, 2.45) is 0 Å². The summed E-state index contributed by atoms with van der Waals surface area (Å²) < 4.78 is 24.4. The molecule has 31 heavy (non-hydrogen) atoms. The summed E-state index contributed by atoms with van der Waals surface area (Å²) in [5.74, 6) is 0. The molecule has 2 N–H and O–H groups in total. The van der Waals surface area contributed by atoms with Crippen molar-refractivity contribution < 1.29 is 8.42 Å². The number of nitrogens with zero attached hydrogens (tertiary/aromatic N) is 3. The second-order valence-electron chi connectivity index (χ2n) is 7.07. The molecule has 3 aromatic rings. The second-order valence-corrected chi connectivity index (χ2v) is 10.7. The largest absolute Gasteiger partial charge is 0.351 e. The Balaban J connectivity index is 1.52. The molecule has 3 aromatic heterocycles. The van der Waals surface area contributed by atoms with Gasteiger partial charge >= 0.3 is 0 Å². The molecule has 4 rings (SSSR count). The third-order valence-electron chi connectivity index (χ3n) is 4.73. The molecular weight excluding hydrogens is 471 g/mol. The molecular formula is C20H23N5O2S4. The fourth-order valence-electron chi connectivity index (χ4n) is 3.25. The van der Waals surface area contributed by atoms with E-state index in [1.807, 2.05) is 18.2 Å². The summed E-state index contributed by atoms with van der Waals surface area (Å²) in [5.41, 5.74) is 2.11. The monoisotopic (exact) mass is 493 g/mol. The summed E-state index contributed by atoms with van der Waals surface area (Å²) in [6.45, 7) is 2.13. The molecule has 1 unspecified atom stereocenters. The van der Waals surface area contributed by atoms with Crippen molar-refractivity contribution in [2.45, 2.75) is 44.7 Å². The molecule has 1 aliphatic carbocycles. The van der Waals surface area contributed by atoms with Gasteiger partial charge in [-0.15, -0.1) is 32.9 Å². The van der Waals surface area contributed by atoms with Crippen LogP contribution in [0.3, 0.4) is 0 Å². The maximum Gasteiger partial charge on any atom is 0.206 e. The van der Waals surface area contributed by atoms with Crippen LogP contribution in [0.4, 0.5) is 5.13 Å². The SMILES string of the molecule is CCCc1nnc(N[C@@H](CC2=CCC(N[SH](=O)=O)C=C2)c2csc(-c3cccs3)n2)s1.